The lowest BCUT2D eigenvalue weighted by Gasteiger charge is -2.30. The van der Waals surface area contributed by atoms with Gasteiger partial charge in [-0.05, 0) is 63.0 Å². The number of carbonyl (C=O) groups excluding carboxylic acids is 1. The molecule has 0 spiro atoms. The van der Waals surface area contributed by atoms with Gasteiger partial charge in [-0.2, -0.15) is 0 Å². The highest BCUT2D eigenvalue weighted by Crippen LogP contribution is 2.36. The molecule has 134 valence electrons. The maximum atomic E-state index is 12.7. The molecule has 2 heterocycles. The van der Waals surface area contributed by atoms with Crippen molar-refractivity contribution in [2.45, 2.75) is 32.2 Å². The fourth-order valence-corrected chi connectivity index (χ4v) is 3.96. The molecule has 0 aromatic heterocycles. The van der Waals surface area contributed by atoms with Gasteiger partial charge in [-0.15, -0.1) is 0 Å². The number of para-hydroxylation sites is 1. The third-order valence-corrected chi connectivity index (χ3v) is 5.30. The second-order valence-electron chi connectivity index (χ2n) is 7.07. The Morgan fingerprint density at radius 1 is 1.04 bits per heavy atom. The monoisotopic (exact) mass is 347 g/mol. The van der Waals surface area contributed by atoms with Gasteiger partial charge in [-0.25, -0.2) is 0 Å². The lowest BCUT2D eigenvalue weighted by Crippen LogP contribution is -2.32. The first-order chi connectivity index (χ1) is 12.7. The third kappa shape index (κ3) is 3.25. The second kappa shape index (κ2) is 7.34. The largest absolute Gasteiger partial charge is 0.344 e. The molecule has 2 aromatic rings. The van der Waals surface area contributed by atoms with E-state index in [-0.39, 0.29) is 5.91 Å². The average molecular weight is 347 g/mol. The molecule has 1 saturated heterocycles. The van der Waals surface area contributed by atoms with Gasteiger partial charge in [0.2, 0.25) is 0 Å². The van der Waals surface area contributed by atoms with Crippen LogP contribution in [0.25, 0.3) is 5.57 Å². The van der Waals surface area contributed by atoms with Crippen molar-refractivity contribution in [1.82, 2.24) is 5.32 Å². The molecule has 2 aromatic carbocycles. The highest BCUT2D eigenvalue weighted by molar-refractivity contribution is 6.32. The molecule has 4 nitrogen and oxygen atoms in total. The molecule has 4 heteroatoms. The van der Waals surface area contributed by atoms with Gasteiger partial charge in [-0.3, -0.25) is 4.79 Å². The summed E-state index contributed by atoms with van der Waals surface area (Å²) in [6, 6.07) is 16.8. The van der Waals surface area contributed by atoms with Crippen LogP contribution in [0.5, 0.6) is 0 Å². The van der Waals surface area contributed by atoms with Crippen LogP contribution in [0.3, 0.4) is 0 Å². The van der Waals surface area contributed by atoms with Crippen LogP contribution in [0.15, 0.2) is 54.7 Å². The first-order valence-corrected chi connectivity index (χ1v) is 9.41. The maximum Gasteiger partial charge on any atom is 0.257 e. The van der Waals surface area contributed by atoms with Gasteiger partial charge in [-0.1, -0.05) is 30.3 Å². The number of aryl methyl sites for hydroxylation is 1. The van der Waals surface area contributed by atoms with Crippen LogP contribution in [0, 0.1) is 6.92 Å². The highest BCUT2D eigenvalue weighted by atomic mass is 16.2. The topological polar surface area (TPSA) is 44.4 Å². The molecule has 2 aliphatic heterocycles. The van der Waals surface area contributed by atoms with Gasteiger partial charge in [0.25, 0.3) is 5.91 Å². The molecule has 1 atom stereocenters. The quantitative estimate of drug-likeness (QED) is 0.827. The summed E-state index contributed by atoms with van der Waals surface area (Å²) in [5.74, 6) is -0.0121. The van der Waals surface area contributed by atoms with Gasteiger partial charge in [0, 0.05) is 29.2 Å². The Morgan fingerprint density at radius 2 is 1.88 bits per heavy atom. The molecule has 1 fully saturated rings. The minimum atomic E-state index is -0.0121. The van der Waals surface area contributed by atoms with Crippen LogP contribution >= 0.6 is 0 Å². The van der Waals surface area contributed by atoms with E-state index in [0.29, 0.717) is 6.04 Å². The molecule has 26 heavy (non-hydrogen) atoms. The van der Waals surface area contributed by atoms with E-state index < -0.39 is 0 Å². The van der Waals surface area contributed by atoms with Crippen LogP contribution in [0.4, 0.5) is 11.4 Å². The summed E-state index contributed by atoms with van der Waals surface area (Å²) >= 11 is 0. The number of nitrogens with one attached hydrogen (secondary N) is 2. The lowest BCUT2D eigenvalue weighted by molar-refractivity contribution is -0.110. The fourth-order valence-electron chi connectivity index (χ4n) is 3.96. The molecule has 1 unspecified atom stereocenters. The Morgan fingerprint density at radius 3 is 2.73 bits per heavy atom. The van der Waals surface area contributed by atoms with Crippen molar-refractivity contribution >= 4 is 22.9 Å². The summed E-state index contributed by atoms with van der Waals surface area (Å²) in [5.41, 5.74) is 4.98. The molecule has 0 saturated carbocycles. The second-order valence-corrected chi connectivity index (χ2v) is 7.07. The van der Waals surface area contributed by atoms with Crippen molar-refractivity contribution in [1.29, 1.82) is 0 Å². The Labute approximate surface area is 154 Å². The summed E-state index contributed by atoms with van der Waals surface area (Å²) in [4.78, 5) is 15.0. The SMILES string of the molecule is Cc1cccc2c1C(=CN(c1ccccc1)C1CCCNCC1)C(=O)N2. The van der Waals surface area contributed by atoms with Gasteiger partial charge in [0.15, 0.2) is 0 Å². The Hall–Kier alpha value is -2.59. The first-order valence-electron chi connectivity index (χ1n) is 9.41. The number of hydrogen-bond donors (Lipinski definition) is 2. The lowest BCUT2D eigenvalue weighted by atomic mass is 10.0. The van der Waals surface area contributed by atoms with Crippen LogP contribution in [0.2, 0.25) is 0 Å². The normalized spacial score (nSPS) is 21.2. The highest BCUT2D eigenvalue weighted by Gasteiger charge is 2.28. The van der Waals surface area contributed by atoms with Crippen LogP contribution < -0.4 is 15.5 Å². The molecule has 0 aliphatic carbocycles. The van der Waals surface area contributed by atoms with Crippen LogP contribution in [0.1, 0.15) is 30.4 Å². The summed E-state index contributed by atoms with van der Waals surface area (Å²) in [5, 5.41) is 6.50. The van der Waals surface area contributed by atoms with E-state index in [1.807, 2.05) is 18.2 Å². The molecule has 2 N–H and O–H groups in total. The van der Waals surface area contributed by atoms with Crippen molar-refractivity contribution in [3.63, 3.8) is 0 Å². The molecule has 0 radical (unpaired) electrons. The minimum absolute atomic E-state index is 0.0121. The number of nitrogens with zero attached hydrogens (tertiary/aromatic N) is 1. The number of carbonyl (C=O) groups is 1. The standard InChI is InChI=1S/C22H25N3O/c1-16-7-5-11-20-21(16)19(22(26)24-20)15-25(17-8-3-2-4-9-17)18-10-6-13-23-14-12-18/h2-5,7-9,11,15,18,23H,6,10,12-14H2,1H3,(H,24,26). The Bertz CT molecular complexity index is 821. The van der Waals surface area contributed by atoms with Crippen molar-refractivity contribution < 1.29 is 4.79 Å². The third-order valence-electron chi connectivity index (χ3n) is 5.30. The minimum Gasteiger partial charge on any atom is -0.344 e. The molecule has 1 amide bonds. The van der Waals surface area contributed by atoms with E-state index >= 15 is 0 Å². The fraction of sp³-hybridized carbons (Fsp3) is 0.318. The molecular weight excluding hydrogens is 322 g/mol. The van der Waals surface area contributed by atoms with Crippen molar-refractivity contribution in [2.75, 3.05) is 23.3 Å². The summed E-state index contributed by atoms with van der Waals surface area (Å²) in [7, 11) is 0. The predicted molar refractivity (Wildman–Crippen MR) is 107 cm³/mol. The maximum absolute atomic E-state index is 12.7. The van der Waals surface area contributed by atoms with Crippen LogP contribution in [-0.4, -0.2) is 25.0 Å². The Balaban J connectivity index is 1.78. The van der Waals surface area contributed by atoms with Gasteiger partial charge in [0.05, 0.1) is 5.57 Å². The number of anilines is 2. The van der Waals surface area contributed by atoms with E-state index in [2.05, 4.69) is 59.0 Å². The summed E-state index contributed by atoms with van der Waals surface area (Å²) < 4.78 is 0. The van der Waals surface area contributed by atoms with Crippen molar-refractivity contribution in [2.24, 2.45) is 0 Å². The molecular formula is C22H25N3O. The van der Waals surface area contributed by atoms with E-state index in [9.17, 15) is 4.79 Å². The van der Waals surface area contributed by atoms with Crippen LogP contribution in [-0.2, 0) is 4.79 Å². The van der Waals surface area contributed by atoms with Gasteiger partial charge >= 0.3 is 0 Å². The molecule has 4 rings (SSSR count). The number of amides is 1. The molecule has 0 bridgehead atoms. The summed E-state index contributed by atoms with van der Waals surface area (Å²) in [6.07, 6.45) is 5.41. The zero-order valence-corrected chi connectivity index (χ0v) is 15.2. The number of rotatable bonds is 3. The van der Waals surface area contributed by atoms with E-state index in [4.69, 9.17) is 0 Å². The average Bonchev–Trinajstić information content (AvgIpc) is 2.83. The smallest absolute Gasteiger partial charge is 0.257 e. The van der Waals surface area contributed by atoms with E-state index in [1.54, 1.807) is 0 Å². The summed E-state index contributed by atoms with van der Waals surface area (Å²) in [6.45, 7) is 4.15. The zero-order valence-electron chi connectivity index (χ0n) is 15.2. The van der Waals surface area contributed by atoms with Crippen molar-refractivity contribution in [3.8, 4) is 0 Å². The van der Waals surface area contributed by atoms with E-state index in [0.717, 1.165) is 60.4 Å². The van der Waals surface area contributed by atoms with Gasteiger partial charge < -0.3 is 15.5 Å². The zero-order chi connectivity index (χ0) is 17.9. The number of benzene rings is 2. The first kappa shape index (κ1) is 16.9. The number of fused-ring (bicyclic) bond motifs is 1. The van der Waals surface area contributed by atoms with E-state index in [1.165, 1.54) is 0 Å². The van der Waals surface area contributed by atoms with Gasteiger partial charge in [0.1, 0.15) is 0 Å². The predicted octanol–water partition coefficient (Wildman–Crippen LogP) is 3.94. The van der Waals surface area contributed by atoms with Crippen molar-refractivity contribution in [3.05, 3.63) is 65.9 Å². The molecule has 2 aliphatic rings. The Kier molecular flexibility index (Phi) is 4.76. The number of hydrogen-bond acceptors (Lipinski definition) is 3.